The third-order valence-electron chi connectivity index (χ3n) is 4.42. The van der Waals surface area contributed by atoms with E-state index in [0.717, 1.165) is 9.96 Å². The maximum Gasteiger partial charge on any atom is 0.439 e. The minimum atomic E-state index is -0.651. The molecule has 2 aromatic carbocycles. The Morgan fingerprint density at radius 3 is 2.27 bits per heavy atom. The highest BCUT2D eigenvalue weighted by Crippen LogP contribution is 2.43. The SMILES string of the molecule is COc1c(OC(C)C)cc2oc(Sc3ccc(OC(=O)N(C)OC)cc3)cc(=O)c2c1OC. The van der Waals surface area contributed by atoms with Gasteiger partial charge in [0.25, 0.3) is 0 Å². The van der Waals surface area contributed by atoms with Gasteiger partial charge in [-0.25, -0.2) is 4.79 Å². The summed E-state index contributed by atoms with van der Waals surface area (Å²) in [4.78, 5) is 30.2. The standard InChI is InChI=1S/C23H25NO8S/c1-13(2)30-18-12-17-20(22(28-5)21(18)27-4)16(25)11-19(32-17)33-15-9-7-14(8-10-15)31-23(26)24(3)29-6/h7-13H,1-6H3. The summed E-state index contributed by atoms with van der Waals surface area (Å²) in [6, 6.07) is 9.76. The largest absolute Gasteiger partial charge is 0.492 e. The van der Waals surface area contributed by atoms with Crippen molar-refractivity contribution >= 4 is 28.8 Å². The molecule has 0 aliphatic rings. The molecule has 0 aliphatic carbocycles. The molecular weight excluding hydrogens is 450 g/mol. The second-order valence-corrected chi connectivity index (χ2v) is 8.11. The van der Waals surface area contributed by atoms with E-state index in [0.29, 0.717) is 27.9 Å². The number of ether oxygens (including phenoxy) is 4. The summed E-state index contributed by atoms with van der Waals surface area (Å²) >= 11 is 1.24. The Bertz CT molecular complexity index is 1190. The van der Waals surface area contributed by atoms with Gasteiger partial charge in [-0.1, -0.05) is 11.8 Å². The Kier molecular flexibility index (Phi) is 7.72. The normalized spacial score (nSPS) is 10.9. The number of amides is 1. The predicted molar refractivity (Wildman–Crippen MR) is 123 cm³/mol. The van der Waals surface area contributed by atoms with Crippen molar-refractivity contribution in [3.63, 3.8) is 0 Å². The maximum absolute atomic E-state index is 12.9. The van der Waals surface area contributed by atoms with E-state index in [1.807, 2.05) is 13.8 Å². The van der Waals surface area contributed by atoms with Crippen molar-refractivity contribution in [2.75, 3.05) is 28.4 Å². The lowest BCUT2D eigenvalue weighted by atomic mass is 10.1. The lowest BCUT2D eigenvalue weighted by Crippen LogP contribution is -2.28. The van der Waals surface area contributed by atoms with Crippen molar-refractivity contribution < 1.29 is 33.0 Å². The fraction of sp³-hybridized carbons (Fsp3) is 0.304. The number of carbonyl (C=O) groups excluding carboxylic acids is 1. The van der Waals surface area contributed by atoms with Crippen molar-refractivity contribution in [3.8, 4) is 23.0 Å². The molecule has 1 aromatic heterocycles. The molecule has 9 nitrogen and oxygen atoms in total. The van der Waals surface area contributed by atoms with Gasteiger partial charge in [0.1, 0.15) is 16.7 Å². The van der Waals surface area contributed by atoms with Gasteiger partial charge in [-0.05, 0) is 38.1 Å². The van der Waals surface area contributed by atoms with Crippen LogP contribution in [0.25, 0.3) is 11.0 Å². The second-order valence-electron chi connectivity index (χ2n) is 7.03. The van der Waals surface area contributed by atoms with Crippen LogP contribution >= 0.6 is 11.8 Å². The first-order valence-corrected chi connectivity index (χ1v) is 10.8. The second kappa shape index (κ2) is 10.5. The van der Waals surface area contributed by atoms with Gasteiger partial charge >= 0.3 is 6.09 Å². The minimum absolute atomic E-state index is 0.123. The van der Waals surface area contributed by atoms with Gasteiger partial charge in [-0.3, -0.25) is 9.63 Å². The molecule has 33 heavy (non-hydrogen) atoms. The van der Waals surface area contributed by atoms with E-state index >= 15 is 0 Å². The molecule has 0 spiro atoms. The summed E-state index contributed by atoms with van der Waals surface area (Å²) in [5, 5.41) is 1.60. The molecule has 0 atom stereocenters. The molecule has 0 N–H and O–H groups in total. The highest BCUT2D eigenvalue weighted by Gasteiger charge is 2.22. The van der Waals surface area contributed by atoms with Crippen LogP contribution in [0.2, 0.25) is 0 Å². The van der Waals surface area contributed by atoms with Crippen LogP contribution in [-0.4, -0.2) is 45.6 Å². The third-order valence-corrected chi connectivity index (χ3v) is 5.33. The van der Waals surface area contributed by atoms with Crippen molar-refractivity contribution in [1.82, 2.24) is 5.06 Å². The number of fused-ring (bicyclic) bond motifs is 1. The Hall–Kier alpha value is -3.37. The van der Waals surface area contributed by atoms with Crippen LogP contribution in [0.3, 0.4) is 0 Å². The molecule has 0 unspecified atom stereocenters. The maximum atomic E-state index is 12.9. The van der Waals surface area contributed by atoms with Crippen LogP contribution in [0.5, 0.6) is 23.0 Å². The fourth-order valence-corrected chi connectivity index (χ4v) is 3.74. The van der Waals surface area contributed by atoms with Crippen LogP contribution in [-0.2, 0) is 4.84 Å². The van der Waals surface area contributed by atoms with Gasteiger partial charge < -0.3 is 23.4 Å². The van der Waals surface area contributed by atoms with Crippen molar-refractivity contribution in [2.45, 2.75) is 29.9 Å². The molecule has 0 fully saturated rings. The van der Waals surface area contributed by atoms with Crippen LogP contribution in [0.4, 0.5) is 4.79 Å². The third kappa shape index (κ3) is 5.52. The van der Waals surface area contributed by atoms with Gasteiger partial charge in [0.15, 0.2) is 22.0 Å². The van der Waals surface area contributed by atoms with E-state index in [9.17, 15) is 9.59 Å². The Morgan fingerprint density at radius 2 is 1.70 bits per heavy atom. The summed E-state index contributed by atoms with van der Waals surface area (Å²) in [5.41, 5.74) is 0.0320. The number of methoxy groups -OCH3 is 2. The number of hydrogen-bond donors (Lipinski definition) is 0. The average molecular weight is 476 g/mol. The molecule has 10 heteroatoms. The molecule has 3 rings (SSSR count). The molecule has 1 amide bonds. The quantitative estimate of drug-likeness (QED) is 0.428. The van der Waals surface area contributed by atoms with Gasteiger partial charge in [-0.2, -0.15) is 5.06 Å². The van der Waals surface area contributed by atoms with Crippen LogP contribution in [0.15, 0.2) is 55.6 Å². The van der Waals surface area contributed by atoms with Gasteiger partial charge in [0, 0.05) is 24.1 Å². The fourth-order valence-electron chi connectivity index (χ4n) is 2.94. The molecular formula is C23H25NO8S. The first-order valence-electron chi connectivity index (χ1n) is 9.94. The van der Waals surface area contributed by atoms with E-state index in [2.05, 4.69) is 0 Å². The lowest BCUT2D eigenvalue weighted by Gasteiger charge is -2.17. The smallest absolute Gasteiger partial charge is 0.439 e. The number of benzene rings is 2. The molecule has 0 saturated carbocycles. The summed E-state index contributed by atoms with van der Waals surface area (Å²) in [6.45, 7) is 3.76. The van der Waals surface area contributed by atoms with Crippen LogP contribution in [0, 0.1) is 0 Å². The molecule has 0 aliphatic heterocycles. The van der Waals surface area contributed by atoms with Gasteiger partial charge in [0.05, 0.1) is 27.4 Å². The Morgan fingerprint density at radius 1 is 1.03 bits per heavy atom. The van der Waals surface area contributed by atoms with E-state index in [-0.39, 0.29) is 22.7 Å². The zero-order valence-electron chi connectivity index (χ0n) is 19.2. The molecule has 176 valence electrons. The monoisotopic (exact) mass is 475 g/mol. The van der Waals surface area contributed by atoms with E-state index < -0.39 is 6.09 Å². The van der Waals surface area contributed by atoms with Crippen LogP contribution < -0.4 is 24.4 Å². The van der Waals surface area contributed by atoms with Crippen LogP contribution in [0.1, 0.15) is 13.8 Å². The first kappa shape index (κ1) is 24.3. The summed E-state index contributed by atoms with van der Waals surface area (Å²) in [5.74, 6) is 1.34. The molecule has 0 radical (unpaired) electrons. The topological polar surface area (TPSA) is 96.7 Å². The van der Waals surface area contributed by atoms with E-state index in [1.165, 1.54) is 46.2 Å². The van der Waals surface area contributed by atoms with E-state index in [1.54, 1.807) is 30.3 Å². The Labute approximate surface area is 195 Å². The highest BCUT2D eigenvalue weighted by molar-refractivity contribution is 7.99. The van der Waals surface area contributed by atoms with Crippen molar-refractivity contribution in [2.24, 2.45) is 0 Å². The highest BCUT2D eigenvalue weighted by atomic mass is 32.2. The molecule has 3 aromatic rings. The van der Waals surface area contributed by atoms with Crippen molar-refractivity contribution in [1.29, 1.82) is 0 Å². The average Bonchev–Trinajstić information content (AvgIpc) is 2.78. The van der Waals surface area contributed by atoms with Gasteiger partial charge in [0.2, 0.25) is 5.75 Å². The number of hydroxylamine groups is 2. The number of nitrogens with zero attached hydrogens (tertiary/aromatic N) is 1. The molecule has 0 saturated heterocycles. The summed E-state index contributed by atoms with van der Waals surface area (Å²) in [7, 11) is 5.74. The minimum Gasteiger partial charge on any atom is -0.492 e. The molecule has 0 bridgehead atoms. The summed E-state index contributed by atoms with van der Waals surface area (Å²) in [6.07, 6.45) is -0.774. The van der Waals surface area contributed by atoms with Gasteiger partial charge in [-0.15, -0.1) is 0 Å². The number of carbonyl (C=O) groups is 1. The number of rotatable bonds is 8. The number of hydrogen-bond acceptors (Lipinski definition) is 9. The van der Waals surface area contributed by atoms with E-state index in [4.69, 9.17) is 28.2 Å². The first-order chi connectivity index (χ1) is 15.8. The summed E-state index contributed by atoms with van der Waals surface area (Å²) < 4.78 is 27.9. The zero-order valence-corrected chi connectivity index (χ0v) is 20.0. The lowest BCUT2D eigenvalue weighted by molar-refractivity contribution is -0.0790. The molecule has 1 heterocycles. The predicted octanol–water partition coefficient (Wildman–Crippen LogP) is 4.74. The Balaban J connectivity index is 1.93. The van der Waals surface area contributed by atoms with Crippen molar-refractivity contribution in [3.05, 3.63) is 46.6 Å². The zero-order chi connectivity index (χ0) is 24.1.